The number of aryl methyl sites for hydroxylation is 3. The standard InChI is InChI=1S/C15H21N3O2/c1-12-4-5-15(10-13(12)2)20-9-3-7-18-11-14(6-8-19)16-17-18/h4-5,10-11,19H,3,6-9H2,1-2H3. The van der Waals surface area contributed by atoms with Gasteiger partial charge in [-0.25, -0.2) is 0 Å². The lowest BCUT2D eigenvalue weighted by Crippen LogP contribution is -2.05. The maximum absolute atomic E-state index is 8.81. The molecule has 0 fully saturated rings. The van der Waals surface area contributed by atoms with Gasteiger partial charge in [-0.3, -0.25) is 4.68 Å². The fourth-order valence-electron chi connectivity index (χ4n) is 1.90. The number of benzene rings is 1. The Hall–Kier alpha value is -1.88. The van der Waals surface area contributed by atoms with Crippen LogP contribution in [0.25, 0.3) is 0 Å². The highest BCUT2D eigenvalue weighted by molar-refractivity contribution is 5.33. The quantitative estimate of drug-likeness (QED) is 0.784. The summed E-state index contributed by atoms with van der Waals surface area (Å²) in [4.78, 5) is 0. The van der Waals surface area contributed by atoms with Crippen LogP contribution in [0.15, 0.2) is 24.4 Å². The zero-order valence-electron chi connectivity index (χ0n) is 12.0. The van der Waals surface area contributed by atoms with Crippen LogP contribution in [0, 0.1) is 13.8 Å². The van der Waals surface area contributed by atoms with Crippen molar-refractivity contribution in [2.24, 2.45) is 0 Å². The van der Waals surface area contributed by atoms with Crippen LogP contribution in [0.4, 0.5) is 0 Å². The normalized spacial score (nSPS) is 10.8. The fourth-order valence-corrected chi connectivity index (χ4v) is 1.90. The van der Waals surface area contributed by atoms with Crippen LogP contribution in [0.3, 0.4) is 0 Å². The number of rotatable bonds is 7. The van der Waals surface area contributed by atoms with Gasteiger partial charge in [0.05, 0.1) is 12.3 Å². The Balaban J connectivity index is 1.74. The molecule has 0 amide bonds. The smallest absolute Gasteiger partial charge is 0.119 e. The van der Waals surface area contributed by atoms with Crippen LogP contribution in [0.2, 0.25) is 0 Å². The first-order chi connectivity index (χ1) is 9.69. The van der Waals surface area contributed by atoms with E-state index in [9.17, 15) is 0 Å². The van der Waals surface area contributed by atoms with Crippen LogP contribution in [0.5, 0.6) is 5.75 Å². The fraction of sp³-hybridized carbons (Fsp3) is 0.467. The van der Waals surface area contributed by atoms with Crippen molar-refractivity contribution in [2.75, 3.05) is 13.2 Å². The molecular formula is C15H21N3O2. The van der Waals surface area contributed by atoms with E-state index < -0.39 is 0 Å². The SMILES string of the molecule is Cc1ccc(OCCCn2cc(CCO)nn2)cc1C. The van der Waals surface area contributed by atoms with Gasteiger partial charge in [-0.1, -0.05) is 11.3 Å². The molecule has 1 heterocycles. The molecule has 1 N–H and O–H groups in total. The molecule has 2 aromatic rings. The minimum absolute atomic E-state index is 0.106. The largest absolute Gasteiger partial charge is 0.494 e. The second-order valence-corrected chi connectivity index (χ2v) is 4.89. The Kier molecular flexibility index (Phi) is 5.12. The van der Waals surface area contributed by atoms with Crippen molar-refractivity contribution < 1.29 is 9.84 Å². The average Bonchev–Trinajstić information content (AvgIpc) is 2.87. The highest BCUT2D eigenvalue weighted by atomic mass is 16.5. The Labute approximate surface area is 119 Å². The first kappa shape index (κ1) is 14.5. The summed E-state index contributed by atoms with van der Waals surface area (Å²) in [7, 11) is 0. The maximum atomic E-state index is 8.81. The zero-order chi connectivity index (χ0) is 14.4. The number of aromatic nitrogens is 3. The third-order valence-electron chi connectivity index (χ3n) is 3.23. The Morgan fingerprint density at radius 2 is 2.10 bits per heavy atom. The predicted octanol–water partition coefficient (Wildman–Crippen LogP) is 1.90. The Morgan fingerprint density at radius 1 is 1.25 bits per heavy atom. The lowest BCUT2D eigenvalue weighted by Gasteiger charge is -2.08. The van der Waals surface area contributed by atoms with Gasteiger partial charge in [0, 0.05) is 32.2 Å². The molecule has 0 aliphatic rings. The molecule has 0 radical (unpaired) electrons. The van der Waals surface area contributed by atoms with Crippen LogP contribution in [-0.4, -0.2) is 33.3 Å². The molecular weight excluding hydrogens is 254 g/mol. The molecule has 0 aliphatic heterocycles. The van der Waals surface area contributed by atoms with E-state index >= 15 is 0 Å². The molecule has 0 aliphatic carbocycles. The lowest BCUT2D eigenvalue weighted by atomic mass is 10.1. The molecule has 0 atom stereocenters. The van der Waals surface area contributed by atoms with Crippen molar-refractivity contribution in [3.63, 3.8) is 0 Å². The molecule has 108 valence electrons. The van der Waals surface area contributed by atoms with Crippen molar-refractivity contribution in [3.8, 4) is 5.75 Å². The molecule has 2 rings (SSSR count). The summed E-state index contributed by atoms with van der Waals surface area (Å²) in [6.45, 7) is 5.70. The van der Waals surface area contributed by atoms with Gasteiger partial charge in [0.1, 0.15) is 5.75 Å². The average molecular weight is 275 g/mol. The van der Waals surface area contributed by atoms with Crippen molar-refractivity contribution in [2.45, 2.75) is 33.2 Å². The molecule has 0 bridgehead atoms. The van der Waals surface area contributed by atoms with Gasteiger partial charge < -0.3 is 9.84 Å². The van der Waals surface area contributed by atoms with Crippen LogP contribution >= 0.6 is 0 Å². The molecule has 0 unspecified atom stereocenters. The van der Waals surface area contributed by atoms with Gasteiger partial charge in [-0.2, -0.15) is 0 Å². The second kappa shape index (κ2) is 7.05. The van der Waals surface area contributed by atoms with E-state index in [2.05, 4.69) is 36.3 Å². The van der Waals surface area contributed by atoms with Gasteiger partial charge >= 0.3 is 0 Å². The first-order valence-corrected chi connectivity index (χ1v) is 6.89. The number of aliphatic hydroxyl groups excluding tert-OH is 1. The molecule has 0 saturated heterocycles. The number of ether oxygens (including phenoxy) is 1. The van der Waals surface area contributed by atoms with Gasteiger partial charge in [-0.15, -0.1) is 5.10 Å². The third kappa shape index (κ3) is 4.06. The molecule has 0 spiro atoms. The number of aliphatic hydroxyl groups is 1. The van der Waals surface area contributed by atoms with Crippen LogP contribution in [0.1, 0.15) is 23.2 Å². The van der Waals surface area contributed by atoms with Crippen molar-refractivity contribution in [3.05, 3.63) is 41.2 Å². The van der Waals surface area contributed by atoms with Crippen molar-refractivity contribution in [1.82, 2.24) is 15.0 Å². The summed E-state index contributed by atoms with van der Waals surface area (Å²) in [5.41, 5.74) is 3.34. The van der Waals surface area contributed by atoms with Crippen molar-refractivity contribution in [1.29, 1.82) is 0 Å². The van der Waals surface area contributed by atoms with E-state index in [0.29, 0.717) is 13.0 Å². The summed E-state index contributed by atoms with van der Waals surface area (Å²) >= 11 is 0. The van der Waals surface area contributed by atoms with E-state index in [1.54, 1.807) is 4.68 Å². The van der Waals surface area contributed by atoms with E-state index in [0.717, 1.165) is 24.4 Å². The maximum Gasteiger partial charge on any atom is 0.119 e. The molecule has 1 aromatic carbocycles. The Bertz CT molecular complexity index is 552. The summed E-state index contributed by atoms with van der Waals surface area (Å²) in [5, 5.41) is 16.8. The van der Waals surface area contributed by atoms with Crippen LogP contribution < -0.4 is 4.74 Å². The minimum Gasteiger partial charge on any atom is -0.494 e. The monoisotopic (exact) mass is 275 g/mol. The van der Waals surface area contributed by atoms with Crippen molar-refractivity contribution >= 4 is 0 Å². The molecule has 0 saturated carbocycles. The molecule has 20 heavy (non-hydrogen) atoms. The summed E-state index contributed by atoms with van der Waals surface area (Å²) in [6, 6.07) is 6.13. The summed E-state index contributed by atoms with van der Waals surface area (Å²) in [6.07, 6.45) is 3.29. The second-order valence-electron chi connectivity index (χ2n) is 4.89. The molecule has 5 nitrogen and oxygen atoms in total. The lowest BCUT2D eigenvalue weighted by molar-refractivity contribution is 0.297. The topological polar surface area (TPSA) is 60.2 Å². The van der Waals surface area contributed by atoms with Gasteiger partial charge in [0.15, 0.2) is 0 Å². The highest BCUT2D eigenvalue weighted by Gasteiger charge is 2.01. The van der Waals surface area contributed by atoms with Gasteiger partial charge in [0.25, 0.3) is 0 Å². The number of hydrogen-bond donors (Lipinski definition) is 1. The minimum atomic E-state index is 0.106. The van der Waals surface area contributed by atoms with E-state index in [-0.39, 0.29) is 6.61 Å². The van der Waals surface area contributed by atoms with Crippen LogP contribution in [-0.2, 0) is 13.0 Å². The van der Waals surface area contributed by atoms with E-state index in [1.807, 2.05) is 12.3 Å². The van der Waals surface area contributed by atoms with Gasteiger partial charge in [-0.05, 0) is 37.1 Å². The summed E-state index contributed by atoms with van der Waals surface area (Å²) < 4.78 is 7.50. The van der Waals surface area contributed by atoms with E-state index in [4.69, 9.17) is 9.84 Å². The molecule has 5 heteroatoms. The zero-order valence-corrected chi connectivity index (χ0v) is 12.0. The van der Waals surface area contributed by atoms with E-state index in [1.165, 1.54) is 11.1 Å². The highest BCUT2D eigenvalue weighted by Crippen LogP contribution is 2.16. The number of hydrogen-bond acceptors (Lipinski definition) is 4. The Morgan fingerprint density at radius 3 is 2.85 bits per heavy atom. The summed E-state index contributed by atoms with van der Waals surface area (Å²) in [5.74, 6) is 0.910. The number of nitrogens with zero attached hydrogens (tertiary/aromatic N) is 3. The predicted molar refractivity (Wildman–Crippen MR) is 76.8 cm³/mol. The van der Waals surface area contributed by atoms with Gasteiger partial charge in [0.2, 0.25) is 0 Å². The molecule has 1 aromatic heterocycles. The third-order valence-corrected chi connectivity index (χ3v) is 3.23. The first-order valence-electron chi connectivity index (χ1n) is 6.89.